The van der Waals surface area contributed by atoms with Crippen molar-refractivity contribution in [1.82, 2.24) is 0 Å². The van der Waals surface area contributed by atoms with Crippen molar-refractivity contribution >= 4 is 0 Å². The van der Waals surface area contributed by atoms with Crippen LogP contribution in [0.3, 0.4) is 0 Å². The average molecular weight is 238 g/mol. The molecule has 2 heteroatoms. The predicted molar refractivity (Wildman–Crippen MR) is 67.6 cm³/mol. The normalized spacial score (nSPS) is 47.1. The summed E-state index contributed by atoms with van der Waals surface area (Å²) < 4.78 is 11.3. The second-order valence-electron chi connectivity index (χ2n) is 6.86. The summed E-state index contributed by atoms with van der Waals surface area (Å²) in [5, 5.41) is 0. The molecule has 2 unspecified atom stereocenters. The van der Waals surface area contributed by atoms with Crippen molar-refractivity contribution in [3.05, 3.63) is 0 Å². The van der Waals surface area contributed by atoms with Crippen LogP contribution in [0.4, 0.5) is 0 Å². The Balaban J connectivity index is 1.73. The van der Waals surface area contributed by atoms with Gasteiger partial charge in [-0.3, -0.25) is 0 Å². The molecule has 0 saturated heterocycles. The fourth-order valence-corrected chi connectivity index (χ4v) is 5.16. The molecule has 4 fully saturated rings. The lowest BCUT2D eigenvalue weighted by Gasteiger charge is -2.58. The molecule has 0 spiro atoms. The third-order valence-corrected chi connectivity index (χ3v) is 5.68. The Labute approximate surface area is 105 Å². The molecule has 0 aromatic rings. The minimum atomic E-state index is -0.0574. The third-order valence-electron chi connectivity index (χ3n) is 5.68. The summed E-state index contributed by atoms with van der Waals surface area (Å²) in [6.45, 7) is 4.29. The monoisotopic (exact) mass is 238 g/mol. The molecule has 0 aliphatic heterocycles. The van der Waals surface area contributed by atoms with E-state index in [1.165, 1.54) is 38.5 Å². The van der Waals surface area contributed by atoms with Gasteiger partial charge in [-0.1, -0.05) is 0 Å². The summed E-state index contributed by atoms with van der Waals surface area (Å²) >= 11 is 0. The Morgan fingerprint density at radius 1 is 0.941 bits per heavy atom. The summed E-state index contributed by atoms with van der Waals surface area (Å²) in [7, 11) is 1.73. The molecule has 2 atom stereocenters. The first-order valence-electron chi connectivity index (χ1n) is 7.29. The first-order chi connectivity index (χ1) is 8.11. The van der Waals surface area contributed by atoms with E-state index in [2.05, 4.69) is 6.92 Å². The molecular formula is C15H26O2. The summed E-state index contributed by atoms with van der Waals surface area (Å²) in [5.41, 5.74) is 0.488. The Morgan fingerprint density at radius 2 is 1.41 bits per heavy atom. The van der Waals surface area contributed by atoms with E-state index in [9.17, 15) is 0 Å². The minimum absolute atomic E-state index is 0.0574. The maximum absolute atomic E-state index is 6.06. The number of hydrogen-bond acceptors (Lipinski definition) is 2. The van der Waals surface area contributed by atoms with Gasteiger partial charge in [0, 0.05) is 7.11 Å². The van der Waals surface area contributed by atoms with Crippen LogP contribution in [0.2, 0.25) is 0 Å². The number of ether oxygens (including phenoxy) is 2. The number of methoxy groups -OCH3 is 1. The fraction of sp³-hybridized carbons (Fsp3) is 1.00. The molecule has 4 bridgehead atoms. The second kappa shape index (κ2) is 4.24. The van der Waals surface area contributed by atoms with Crippen LogP contribution < -0.4 is 0 Å². The van der Waals surface area contributed by atoms with Gasteiger partial charge in [0.1, 0.15) is 0 Å². The Kier molecular flexibility index (Phi) is 2.99. The van der Waals surface area contributed by atoms with Crippen LogP contribution in [0.5, 0.6) is 0 Å². The molecule has 4 saturated carbocycles. The van der Waals surface area contributed by atoms with E-state index in [1.54, 1.807) is 7.11 Å². The molecule has 2 nitrogen and oxygen atoms in total. The lowest BCUT2D eigenvalue weighted by atomic mass is 9.48. The summed E-state index contributed by atoms with van der Waals surface area (Å²) in [5.74, 6) is 3.01. The molecule has 0 radical (unpaired) electrons. The van der Waals surface area contributed by atoms with Crippen LogP contribution in [0.25, 0.3) is 0 Å². The Morgan fingerprint density at radius 3 is 1.82 bits per heavy atom. The van der Waals surface area contributed by atoms with Gasteiger partial charge in [-0.25, -0.2) is 0 Å². The molecule has 0 aromatic heterocycles. The summed E-state index contributed by atoms with van der Waals surface area (Å²) in [4.78, 5) is 0. The quantitative estimate of drug-likeness (QED) is 0.697. The first-order valence-corrected chi connectivity index (χ1v) is 7.29. The van der Waals surface area contributed by atoms with Gasteiger partial charge in [0.25, 0.3) is 0 Å². The lowest BCUT2D eigenvalue weighted by molar-refractivity contribution is -0.204. The number of hydrogen-bond donors (Lipinski definition) is 0. The molecule has 4 aliphatic rings. The molecule has 0 amide bonds. The van der Waals surface area contributed by atoms with Crippen molar-refractivity contribution in [1.29, 1.82) is 0 Å². The maximum Gasteiger partial charge on any atom is 0.154 e. The molecule has 98 valence electrons. The topological polar surface area (TPSA) is 18.5 Å². The highest BCUT2D eigenvalue weighted by Crippen LogP contribution is 2.61. The van der Waals surface area contributed by atoms with Crippen molar-refractivity contribution in [3.8, 4) is 0 Å². The molecule has 0 N–H and O–H groups in total. The van der Waals surface area contributed by atoms with Gasteiger partial charge in [-0.15, -0.1) is 0 Å². The molecule has 17 heavy (non-hydrogen) atoms. The van der Waals surface area contributed by atoms with E-state index in [-0.39, 0.29) is 6.29 Å². The standard InChI is InChI=1S/C15H26O2/c1-10(17-11(2)16-3)15-7-12-4-13(8-15)6-14(5-12)9-15/h10-14H,4-9H2,1-3H3. The minimum Gasteiger partial charge on any atom is -0.356 e. The van der Waals surface area contributed by atoms with Gasteiger partial charge in [-0.05, 0) is 75.5 Å². The molecular weight excluding hydrogens is 212 g/mol. The zero-order chi connectivity index (χ0) is 12.0. The third kappa shape index (κ3) is 2.04. The van der Waals surface area contributed by atoms with E-state index in [0.29, 0.717) is 11.5 Å². The lowest BCUT2D eigenvalue weighted by Crippen LogP contribution is -2.52. The van der Waals surface area contributed by atoms with Crippen molar-refractivity contribution in [2.75, 3.05) is 7.11 Å². The van der Waals surface area contributed by atoms with E-state index in [0.717, 1.165) is 17.8 Å². The maximum atomic E-state index is 6.06. The van der Waals surface area contributed by atoms with E-state index >= 15 is 0 Å². The predicted octanol–water partition coefficient (Wildman–Crippen LogP) is 3.60. The second-order valence-corrected chi connectivity index (χ2v) is 6.86. The van der Waals surface area contributed by atoms with Gasteiger partial charge in [-0.2, -0.15) is 0 Å². The van der Waals surface area contributed by atoms with Crippen LogP contribution in [0.1, 0.15) is 52.4 Å². The Bertz CT molecular complexity index is 251. The average Bonchev–Trinajstić information content (AvgIpc) is 2.26. The van der Waals surface area contributed by atoms with Crippen LogP contribution in [-0.2, 0) is 9.47 Å². The fourth-order valence-electron chi connectivity index (χ4n) is 5.16. The van der Waals surface area contributed by atoms with Crippen molar-refractivity contribution in [2.45, 2.75) is 64.8 Å². The summed E-state index contributed by atoms with van der Waals surface area (Å²) in [6, 6.07) is 0. The molecule has 4 aliphatic carbocycles. The SMILES string of the molecule is COC(C)OC(C)C12CC3CC(CC(C3)C1)C2. The van der Waals surface area contributed by atoms with Crippen molar-refractivity contribution in [2.24, 2.45) is 23.2 Å². The summed E-state index contributed by atoms with van der Waals surface area (Å²) in [6.07, 6.45) is 9.07. The van der Waals surface area contributed by atoms with Crippen LogP contribution in [0, 0.1) is 23.2 Å². The molecule has 4 rings (SSSR count). The van der Waals surface area contributed by atoms with E-state index in [1.807, 2.05) is 6.92 Å². The van der Waals surface area contributed by atoms with Crippen LogP contribution in [0.15, 0.2) is 0 Å². The highest BCUT2D eigenvalue weighted by molar-refractivity contribution is 5.03. The highest BCUT2D eigenvalue weighted by atomic mass is 16.7. The zero-order valence-corrected chi connectivity index (χ0v) is 11.4. The largest absolute Gasteiger partial charge is 0.356 e. The van der Waals surface area contributed by atoms with E-state index in [4.69, 9.17) is 9.47 Å². The van der Waals surface area contributed by atoms with Crippen LogP contribution >= 0.6 is 0 Å². The highest BCUT2D eigenvalue weighted by Gasteiger charge is 2.53. The van der Waals surface area contributed by atoms with Crippen molar-refractivity contribution in [3.63, 3.8) is 0 Å². The smallest absolute Gasteiger partial charge is 0.154 e. The van der Waals surface area contributed by atoms with Gasteiger partial charge in [0.15, 0.2) is 6.29 Å². The van der Waals surface area contributed by atoms with Gasteiger partial charge >= 0.3 is 0 Å². The van der Waals surface area contributed by atoms with Crippen LogP contribution in [-0.4, -0.2) is 19.5 Å². The molecule has 0 aromatic carbocycles. The molecule has 0 heterocycles. The first kappa shape index (κ1) is 12.0. The van der Waals surface area contributed by atoms with Crippen molar-refractivity contribution < 1.29 is 9.47 Å². The van der Waals surface area contributed by atoms with E-state index < -0.39 is 0 Å². The number of rotatable bonds is 4. The Hall–Kier alpha value is -0.0800. The van der Waals surface area contributed by atoms with Gasteiger partial charge in [0.05, 0.1) is 6.10 Å². The van der Waals surface area contributed by atoms with Gasteiger partial charge in [0.2, 0.25) is 0 Å². The van der Waals surface area contributed by atoms with Gasteiger partial charge < -0.3 is 9.47 Å². The zero-order valence-electron chi connectivity index (χ0n) is 11.4.